The predicted molar refractivity (Wildman–Crippen MR) is 78.0 cm³/mol. The Hall–Kier alpha value is -1.35. The monoisotopic (exact) mass is 260 g/mol. The second-order valence-electron chi connectivity index (χ2n) is 5.96. The van der Waals surface area contributed by atoms with Gasteiger partial charge < -0.3 is 10.6 Å². The summed E-state index contributed by atoms with van der Waals surface area (Å²) in [6, 6.07) is 6.27. The molecule has 1 aromatic carbocycles. The number of hydrogen-bond donors (Lipinski definition) is 1. The molecule has 2 rings (SSSR count). The van der Waals surface area contributed by atoms with Crippen molar-refractivity contribution in [1.82, 2.24) is 4.90 Å². The highest BCUT2D eigenvalue weighted by molar-refractivity contribution is 5.80. The summed E-state index contributed by atoms with van der Waals surface area (Å²) in [6.07, 6.45) is 2.57. The summed E-state index contributed by atoms with van der Waals surface area (Å²) in [7, 11) is 0. The molecule has 1 unspecified atom stereocenters. The van der Waals surface area contributed by atoms with Crippen LogP contribution in [0.4, 0.5) is 0 Å². The van der Waals surface area contributed by atoms with Gasteiger partial charge in [0.1, 0.15) is 0 Å². The molecule has 1 aromatic rings. The van der Waals surface area contributed by atoms with Crippen LogP contribution in [0.25, 0.3) is 0 Å². The second-order valence-corrected chi connectivity index (χ2v) is 5.96. The minimum absolute atomic E-state index is 0.143. The molecule has 1 aliphatic rings. The van der Waals surface area contributed by atoms with E-state index in [0.29, 0.717) is 13.0 Å². The Kier molecular flexibility index (Phi) is 3.95. The minimum Gasteiger partial charge on any atom is -0.336 e. The molecule has 0 spiro atoms. The standard InChI is InChI=1S/C16H24N2O/c1-12-5-6-14(13(2)9-12)10-15(19)18-8-4-7-16(18,3)11-17/h5-6,9H,4,7-8,10-11,17H2,1-3H3. The summed E-state index contributed by atoms with van der Waals surface area (Å²) < 4.78 is 0. The van der Waals surface area contributed by atoms with Crippen LogP contribution in [0.3, 0.4) is 0 Å². The van der Waals surface area contributed by atoms with E-state index >= 15 is 0 Å². The Balaban J connectivity index is 2.13. The van der Waals surface area contributed by atoms with Crippen molar-refractivity contribution in [2.45, 2.75) is 45.6 Å². The lowest BCUT2D eigenvalue weighted by Gasteiger charge is -2.34. The number of rotatable bonds is 3. The van der Waals surface area contributed by atoms with E-state index in [4.69, 9.17) is 5.73 Å². The van der Waals surface area contributed by atoms with Gasteiger partial charge >= 0.3 is 0 Å². The maximum Gasteiger partial charge on any atom is 0.227 e. The quantitative estimate of drug-likeness (QED) is 0.905. The smallest absolute Gasteiger partial charge is 0.227 e. The maximum absolute atomic E-state index is 12.5. The van der Waals surface area contributed by atoms with E-state index in [0.717, 1.165) is 24.9 Å². The Labute approximate surface area is 115 Å². The van der Waals surface area contributed by atoms with E-state index in [1.807, 2.05) is 4.90 Å². The number of nitrogens with two attached hydrogens (primary N) is 1. The molecule has 104 valence electrons. The van der Waals surface area contributed by atoms with Crippen molar-refractivity contribution < 1.29 is 4.79 Å². The van der Waals surface area contributed by atoms with Gasteiger partial charge in [-0.15, -0.1) is 0 Å². The molecular weight excluding hydrogens is 236 g/mol. The van der Waals surface area contributed by atoms with Gasteiger partial charge in [-0.3, -0.25) is 4.79 Å². The van der Waals surface area contributed by atoms with Crippen LogP contribution in [-0.4, -0.2) is 29.4 Å². The fourth-order valence-corrected chi connectivity index (χ4v) is 2.96. The zero-order valence-electron chi connectivity index (χ0n) is 12.2. The van der Waals surface area contributed by atoms with Gasteiger partial charge in [0.15, 0.2) is 0 Å². The molecular formula is C16H24N2O. The van der Waals surface area contributed by atoms with Crippen LogP contribution < -0.4 is 5.73 Å². The van der Waals surface area contributed by atoms with Crippen molar-refractivity contribution in [2.24, 2.45) is 5.73 Å². The number of hydrogen-bond acceptors (Lipinski definition) is 2. The van der Waals surface area contributed by atoms with Crippen LogP contribution in [0.1, 0.15) is 36.5 Å². The lowest BCUT2D eigenvalue weighted by molar-refractivity contribution is -0.133. The summed E-state index contributed by atoms with van der Waals surface area (Å²) in [6.45, 7) is 7.63. The maximum atomic E-state index is 12.5. The van der Waals surface area contributed by atoms with Crippen molar-refractivity contribution in [3.8, 4) is 0 Å². The number of nitrogens with zero attached hydrogens (tertiary/aromatic N) is 1. The predicted octanol–water partition coefficient (Wildman–Crippen LogP) is 2.19. The van der Waals surface area contributed by atoms with E-state index in [9.17, 15) is 4.79 Å². The van der Waals surface area contributed by atoms with Crippen molar-refractivity contribution in [3.63, 3.8) is 0 Å². The molecule has 1 amide bonds. The van der Waals surface area contributed by atoms with Crippen molar-refractivity contribution in [2.75, 3.05) is 13.1 Å². The van der Waals surface area contributed by atoms with Crippen LogP contribution >= 0.6 is 0 Å². The first-order chi connectivity index (χ1) is 8.96. The van der Waals surface area contributed by atoms with Crippen LogP contribution in [0.2, 0.25) is 0 Å². The summed E-state index contributed by atoms with van der Waals surface area (Å²) in [4.78, 5) is 14.5. The van der Waals surface area contributed by atoms with Crippen molar-refractivity contribution in [3.05, 3.63) is 34.9 Å². The molecule has 1 aliphatic heterocycles. The molecule has 0 radical (unpaired) electrons. The van der Waals surface area contributed by atoms with Gasteiger partial charge in [0.05, 0.1) is 12.0 Å². The molecule has 0 saturated carbocycles. The third kappa shape index (κ3) is 2.81. The fraction of sp³-hybridized carbons (Fsp3) is 0.562. The highest BCUT2D eigenvalue weighted by Gasteiger charge is 2.38. The van der Waals surface area contributed by atoms with Crippen LogP contribution in [-0.2, 0) is 11.2 Å². The van der Waals surface area contributed by atoms with Crippen LogP contribution in [0.5, 0.6) is 0 Å². The molecule has 0 bridgehead atoms. The number of amides is 1. The fourth-order valence-electron chi connectivity index (χ4n) is 2.96. The number of likely N-dealkylation sites (tertiary alicyclic amines) is 1. The molecule has 1 fully saturated rings. The summed E-state index contributed by atoms with van der Waals surface area (Å²) in [5, 5.41) is 0. The molecule has 1 heterocycles. The number of carbonyl (C=O) groups is 1. The number of aryl methyl sites for hydroxylation is 2. The normalized spacial score (nSPS) is 22.8. The van der Waals surface area contributed by atoms with E-state index < -0.39 is 0 Å². The average molecular weight is 260 g/mol. The summed E-state index contributed by atoms with van der Waals surface area (Å²) in [5.41, 5.74) is 9.26. The Morgan fingerprint density at radius 3 is 2.79 bits per heavy atom. The average Bonchev–Trinajstić information content (AvgIpc) is 2.76. The first-order valence-corrected chi connectivity index (χ1v) is 7.03. The molecule has 0 aliphatic carbocycles. The van der Waals surface area contributed by atoms with E-state index in [1.54, 1.807) is 0 Å². The van der Waals surface area contributed by atoms with Crippen LogP contribution in [0, 0.1) is 13.8 Å². The summed E-state index contributed by atoms with van der Waals surface area (Å²) >= 11 is 0. The second kappa shape index (κ2) is 5.33. The largest absolute Gasteiger partial charge is 0.336 e. The first kappa shape index (κ1) is 14.1. The van der Waals surface area contributed by atoms with E-state index in [1.165, 1.54) is 11.1 Å². The van der Waals surface area contributed by atoms with Crippen molar-refractivity contribution in [1.29, 1.82) is 0 Å². The SMILES string of the molecule is Cc1ccc(CC(=O)N2CCCC2(C)CN)c(C)c1. The van der Waals surface area contributed by atoms with Gasteiger partial charge in [0.25, 0.3) is 0 Å². The molecule has 1 atom stereocenters. The zero-order chi connectivity index (χ0) is 14.0. The lowest BCUT2D eigenvalue weighted by Crippen LogP contribution is -2.50. The lowest BCUT2D eigenvalue weighted by atomic mass is 9.97. The van der Waals surface area contributed by atoms with Gasteiger partial charge in [0.2, 0.25) is 5.91 Å². The zero-order valence-corrected chi connectivity index (χ0v) is 12.2. The summed E-state index contributed by atoms with van der Waals surface area (Å²) in [5.74, 6) is 0.206. The third-order valence-electron chi connectivity index (χ3n) is 4.33. The Bertz CT molecular complexity index is 484. The molecule has 19 heavy (non-hydrogen) atoms. The molecule has 0 aromatic heterocycles. The highest BCUT2D eigenvalue weighted by Crippen LogP contribution is 2.28. The van der Waals surface area contributed by atoms with Crippen molar-refractivity contribution >= 4 is 5.91 Å². The van der Waals surface area contributed by atoms with E-state index in [-0.39, 0.29) is 11.4 Å². The molecule has 3 nitrogen and oxygen atoms in total. The van der Waals surface area contributed by atoms with Crippen LogP contribution in [0.15, 0.2) is 18.2 Å². The third-order valence-corrected chi connectivity index (χ3v) is 4.33. The number of carbonyl (C=O) groups excluding carboxylic acids is 1. The topological polar surface area (TPSA) is 46.3 Å². The highest BCUT2D eigenvalue weighted by atomic mass is 16.2. The van der Waals surface area contributed by atoms with Gasteiger partial charge in [-0.1, -0.05) is 23.8 Å². The minimum atomic E-state index is -0.143. The van der Waals surface area contributed by atoms with Gasteiger partial charge in [-0.25, -0.2) is 0 Å². The molecule has 2 N–H and O–H groups in total. The number of benzene rings is 1. The molecule has 3 heteroatoms. The van der Waals surface area contributed by atoms with Gasteiger partial charge in [-0.2, -0.15) is 0 Å². The van der Waals surface area contributed by atoms with E-state index in [2.05, 4.69) is 39.0 Å². The Morgan fingerprint density at radius 1 is 1.42 bits per heavy atom. The Morgan fingerprint density at radius 2 is 2.16 bits per heavy atom. The molecule has 1 saturated heterocycles. The van der Waals surface area contributed by atoms with Gasteiger partial charge in [-0.05, 0) is 44.7 Å². The first-order valence-electron chi connectivity index (χ1n) is 7.03. The van der Waals surface area contributed by atoms with Gasteiger partial charge in [0, 0.05) is 13.1 Å².